The molecule has 122 valence electrons. The Kier molecular flexibility index (Phi) is 6.89. The number of esters is 1. The summed E-state index contributed by atoms with van der Waals surface area (Å²) in [7, 11) is -2.04. The molecule has 1 aromatic rings. The van der Waals surface area contributed by atoms with Crippen LogP contribution >= 0.6 is 11.8 Å². The Labute approximate surface area is 134 Å². The zero-order chi connectivity index (χ0) is 16.8. The maximum absolute atomic E-state index is 12.1. The van der Waals surface area contributed by atoms with Crippen LogP contribution in [0.5, 0.6) is 0 Å². The molecule has 0 saturated heterocycles. The Morgan fingerprint density at radius 2 is 1.86 bits per heavy atom. The van der Waals surface area contributed by atoms with Crippen LogP contribution in [-0.4, -0.2) is 51.7 Å². The second kappa shape index (κ2) is 8.19. The van der Waals surface area contributed by atoms with E-state index in [0.717, 1.165) is 6.26 Å². The van der Waals surface area contributed by atoms with Gasteiger partial charge in [-0.2, -0.15) is 11.8 Å². The summed E-state index contributed by atoms with van der Waals surface area (Å²) in [6, 6.07) is 4.82. The predicted molar refractivity (Wildman–Crippen MR) is 85.8 cm³/mol. The summed E-state index contributed by atoms with van der Waals surface area (Å²) in [6.45, 7) is 0. The number of rotatable bonds is 7. The summed E-state index contributed by atoms with van der Waals surface area (Å²) < 4.78 is 27.4. The number of carbonyl (C=O) groups is 2. The maximum Gasteiger partial charge on any atom is 0.328 e. The quantitative estimate of drug-likeness (QED) is 0.745. The van der Waals surface area contributed by atoms with Gasteiger partial charge in [0.1, 0.15) is 6.04 Å². The molecule has 1 amide bonds. The Morgan fingerprint density at radius 3 is 2.32 bits per heavy atom. The number of ether oxygens (including phenoxy) is 1. The van der Waals surface area contributed by atoms with Gasteiger partial charge in [0.25, 0.3) is 5.91 Å². The first-order valence-corrected chi connectivity index (χ1v) is 9.76. The van der Waals surface area contributed by atoms with Crippen LogP contribution in [0.2, 0.25) is 0 Å². The van der Waals surface area contributed by atoms with Gasteiger partial charge in [0.2, 0.25) is 0 Å². The molecule has 0 aliphatic carbocycles. The fourth-order valence-corrected chi connectivity index (χ4v) is 2.82. The standard InChI is InChI=1S/C14H19NO5S2/c1-20-14(17)12(8-9-21-2)15-13(16)10-4-6-11(7-5-10)22(3,18)19/h4-7,12H,8-9H2,1-3H3,(H,15,16)/t12-/m0/s1. The minimum absolute atomic E-state index is 0.135. The Hall–Kier alpha value is -1.54. The van der Waals surface area contributed by atoms with Crippen molar-refractivity contribution < 1.29 is 22.7 Å². The van der Waals surface area contributed by atoms with Crippen LogP contribution in [0, 0.1) is 0 Å². The van der Waals surface area contributed by atoms with Crippen molar-refractivity contribution in [3.63, 3.8) is 0 Å². The lowest BCUT2D eigenvalue weighted by Gasteiger charge is -2.16. The molecular formula is C14H19NO5S2. The SMILES string of the molecule is COC(=O)[C@H](CCSC)NC(=O)c1ccc(S(C)(=O)=O)cc1. The Balaban J connectivity index is 2.83. The van der Waals surface area contributed by atoms with Crippen molar-refractivity contribution in [3.05, 3.63) is 29.8 Å². The molecule has 1 N–H and O–H groups in total. The number of hydrogen-bond donors (Lipinski definition) is 1. The lowest BCUT2D eigenvalue weighted by atomic mass is 10.1. The predicted octanol–water partition coefficient (Wildman–Crippen LogP) is 1.11. The molecule has 8 heteroatoms. The molecule has 1 rings (SSSR count). The average molecular weight is 345 g/mol. The van der Waals surface area contributed by atoms with Crippen molar-refractivity contribution in [2.24, 2.45) is 0 Å². The van der Waals surface area contributed by atoms with Crippen LogP contribution in [0.3, 0.4) is 0 Å². The van der Waals surface area contributed by atoms with E-state index < -0.39 is 27.8 Å². The fourth-order valence-electron chi connectivity index (χ4n) is 1.72. The molecule has 0 spiro atoms. The zero-order valence-electron chi connectivity index (χ0n) is 12.7. The maximum atomic E-state index is 12.1. The van der Waals surface area contributed by atoms with Crippen LogP contribution in [-0.2, 0) is 19.4 Å². The molecule has 6 nitrogen and oxygen atoms in total. The van der Waals surface area contributed by atoms with Crippen LogP contribution in [0.25, 0.3) is 0 Å². The number of methoxy groups -OCH3 is 1. The lowest BCUT2D eigenvalue weighted by Crippen LogP contribution is -2.41. The van der Waals surface area contributed by atoms with Crippen LogP contribution < -0.4 is 5.32 Å². The van der Waals surface area contributed by atoms with E-state index in [0.29, 0.717) is 12.2 Å². The zero-order valence-corrected chi connectivity index (χ0v) is 14.3. The third-order valence-corrected chi connectivity index (χ3v) is 4.72. The molecule has 0 fully saturated rings. The van der Waals surface area contributed by atoms with Crippen LogP contribution in [0.1, 0.15) is 16.8 Å². The summed E-state index contributed by atoms with van der Waals surface area (Å²) in [5, 5.41) is 2.60. The molecule has 0 bridgehead atoms. The van der Waals surface area contributed by atoms with E-state index in [9.17, 15) is 18.0 Å². The summed E-state index contributed by atoms with van der Waals surface area (Å²) >= 11 is 1.56. The van der Waals surface area contributed by atoms with Crippen molar-refractivity contribution in [1.82, 2.24) is 5.32 Å². The van der Waals surface area contributed by atoms with Gasteiger partial charge in [0.15, 0.2) is 9.84 Å². The molecule has 0 heterocycles. The van der Waals surface area contributed by atoms with E-state index in [-0.39, 0.29) is 10.5 Å². The highest BCUT2D eigenvalue weighted by Gasteiger charge is 2.21. The van der Waals surface area contributed by atoms with Gasteiger partial charge in [-0.25, -0.2) is 13.2 Å². The minimum atomic E-state index is -3.31. The molecule has 0 aromatic heterocycles. The van der Waals surface area contributed by atoms with Crippen molar-refractivity contribution >= 4 is 33.5 Å². The van der Waals surface area contributed by atoms with Crippen molar-refractivity contribution in [3.8, 4) is 0 Å². The van der Waals surface area contributed by atoms with Gasteiger partial charge in [-0.3, -0.25) is 4.79 Å². The van der Waals surface area contributed by atoms with Crippen LogP contribution in [0.15, 0.2) is 29.2 Å². The molecule has 0 radical (unpaired) electrons. The normalized spacial score (nSPS) is 12.5. The first-order valence-electron chi connectivity index (χ1n) is 6.47. The summed E-state index contributed by atoms with van der Waals surface area (Å²) in [5.74, 6) is -0.251. The first kappa shape index (κ1) is 18.5. The fraction of sp³-hybridized carbons (Fsp3) is 0.429. The minimum Gasteiger partial charge on any atom is -0.467 e. The number of amides is 1. The molecule has 0 unspecified atom stereocenters. The molecule has 0 aliphatic rings. The lowest BCUT2D eigenvalue weighted by molar-refractivity contribution is -0.142. The van der Waals surface area contributed by atoms with Gasteiger partial charge in [-0.15, -0.1) is 0 Å². The summed E-state index contributed by atoms with van der Waals surface area (Å²) in [6.07, 6.45) is 3.46. The number of thioether (sulfide) groups is 1. The highest BCUT2D eigenvalue weighted by Crippen LogP contribution is 2.11. The number of carbonyl (C=O) groups excluding carboxylic acids is 2. The van der Waals surface area contributed by atoms with E-state index in [2.05, 4.69) is 10.1 Å². The second-order valence-electron chi connectivity index (χ2n) is 4.63. The van der Waals surface area contributed by atoms with Crippen molar-refractivity contribution in [1.29, 1.82) is 0 Å². The van der Waals surface area contributed by atoms with Gasteiger partial charge in [0.05, 0.1) is 12.0 Å². The Bertz CT molecular complexity index is 625. The van der Waals surface area contributed by atoms with E-state index in [1.807, 2.05) is 6.26 Å². The van der Waals surface area contributed by atoms with Crippen molar-refractivity contribution in [2.75, 3.05) is 25.4 Å². The summed E-state index contributed by atoms with van der Waals surface area (Å²) in [4.78, 5) is 23.9. The molecule has 0 saturated carbocycles. The first-order chi connectivity index (χ1) is 10.3. The Morgan fingerprint density at radius 1 is 1.27 bits per heavy atom. The van der Waals surface area contributed by atoms with Crippen LogP contribution in [0.4, 0.5) is 0 Å². The number of nitrogens with one attached hydrogen (secondary N) is 1. The average Bonchev–Trinajstić information content (AvgIpc) is 2.49. The van der Waals surface area contributed by atoms with E-state index in [1.165, 1.54) is 31.4 Å². The molecule has 1 atom stereocenters. The molecular weight excluding hydrogens is 326 g/mol. The van der Waals surface area contributed by atoms with Crippen molar-refractivity contribution in [2.45, 2.75) is 17.4 Å². The topological polar surface area (TPSA) is 89.5 Å². The number of sulfone groups is 1. The molecule has 22 heavy (non-hydrogen) atoms. The van der Waals surface area contributed by atoms with E-state index in [4.69, 9.17) is 0 Å². The second-order valence-corrected chi connectivity index (χ2v) is 7.63. The summed E-state index contributed by atoms with van der Waals surface area (Å²) in [5.41, 5.74) is 0.283. The largest absolute Gasteiger partial charge is 0.467 e. The van der Waals surface area contributed by atoms with E-state index in [1.54, 1.807) is 11.8 Å². The highest BCUT2D eigenvalue weighted by molar-refractivity contribution is 7.98. The van der Waals surface area contributed by atoms with Gasteiger partial charge < -0.3 is 10.1 Å². The van der Waals surface area contributed by atoms with Gasteiger partial charge in [-0.05, 0) is 42.7 Å². The third kappa shape index (κ3) is 5.34. The highest BCUT2D eigenvalue weighted by atomic mass is 32.2. The van der Waals surface area contributed by atoms with Gasteiger partial charge in [0, 0.05) is 11.8 Å². The molecule has 1 aromatic carbocycles. The monoisotopic (exact) mass is 345 g/mol. The smallest absolute Gasteiger partial charge is 0.328 e. The number of benzene rings is 1. The van der Waals surface area contributed by atoms with E-state index >= 15 is 0 Å². The molecule has 0 aliphatic heterocycles. The third-order valence-electron chi connectivity index (χ3n) is 2.95. The van der Waals surface area contributed by atoms with Gasteiger partial charge >= 0.3 is 5.97 Å². The van der Waals surface area contributed by atoms with Gasteiger partial charge in [-0.1, -0.05) is 0 Å². The number of hydrogen-bond acceptors (Lipinski definition) is 6.